The Balaban J connectivity index is 1.70. The summed E-state index contributed by atoms with van der Waals surface area (Å²) in [7, 11) is -2.01. The number of benzene rings is 2. The molecule has 0 fully saturated rings. The van der Waals surface area contributed by atoms with Crippen molar-refractivity contribution >= 4 is 42.6 Å². The average Bonchev–Trinajstić information content (AvgIpc) is 3.31. The van der Waals surface area contributed by atoms with Gasteiger partial charge in [-0.1, -0.05) is 31.3 Å². The van der Waals surface area contributed by atoms with E-state index in [0.717, 1.165) is 10.2 Å². The van der Waals surface area contributed by atoms with Crippen LogP contribution in [0.1, 0.15) is 29.9 Å². The zero-order valence-electron chi connectivity index (χ0n) is 19.7. The van der Waals surface area contributed by atoms with Crippen molar-refractivity contribution in [2.75, 3.05) is 25.1 Å². The molecule has 0 saturated heterocycles. The van der Waals surface area contributed by atoms with E-state index in [1.807, 2.05) is 36.4 Å². The fourth-order valence-corrected chi connectivity index (χ4v) is 6.10. The minimum Gasteiger partial charge on any atom is -0.497 e. The van der Waals surface area contributed by atoms with Crippen molar-refractivity contribution in [1.29, 1.82) is 0 Å². The molecule has 0 aliphatic rings. The number of fused-ring (bicyclic) bond motifs is 1. The van der Waals surface area contributed by atoms with Crippen molar-refractivity contribution in [2.45, 2.75) is 25.3 Å². The van der Waals surface area contributed by atoms with Crippen LogP contribution in [-0.4, -0.2) is 48.8 Å². The van der Waals surface area contributed by atoms with Crippen LogP contribution in [0.2, 0.25) is 0 Å². The van der Waals surface area contributed by atoms with Gasteiger partial charge in [0.25, 0.3) is 5.91 Å². The lowest BCUT2D eigenvalue weighted by Gasteiger charge is -2.21. The van der Waals surface area contributed by atoms with Crippen molar-refractivity contribution in [3.63, 3.8) is 0 Å². The van der Waals surface area contributed by atoms with Crippen LogP contribution in [-0.2, 0) is 16.6 Å². The lowest BCUT2D eigenvalue weighted by Crippen LogP contribution is -2.31. The van der Waals surface area contributed by atoms with Gasteiger partial charge >= 0.3 is 0 Å². The highest BCUT2D eigenvalue weighted by molar-refractivity contribution is 7.89. The van der Waals surface area contributed by atoms with Crippen molar-refractivity contribution in [3.8, 4) is 5.75 Å². The number of sulfonamides is 1. The van der Waals surface area contributed by atoms with Crippen LogP contribution in [0.25, 0.3) is 10.2 Å². The number of nitrogens with zero attached hydrogens (tertiary/aromatic N) is 4. The summed E-state index contributed by atoms with van der Waals surface area (Å²) >= 11 is 1.38. The highest BCUT2D eigenvalue weighted by atomic mass is 32.2. The molecule has 0 spiro atoms. The SMILES string of the molecule is CCN(CC)S(=O)(=O)c1ccc(C(=O)N(Cc2ccccn2)c2nc3ccc(OC)cc3s2)cc1. The van der Waals surface area contributed by atoms with Gasteiger partial charge in [0.2, 0.25) is 10.0 Å². The van der Waals surface area contributed by atoms with Gasteiger partial charge in [0.05, 0.1) is 34.5 Å². The molecule has 2 aromatic carbocycles. The molecule has 2 heterocycles. The van der Waals surface area contributed by atoms with Gasteiger partial charge in [-0.15, -0.1) is 0 Å². The molecule has 10 heteroatoms. The quantitative estimate of drug-likeness (QED) is 0.327. The number of aromatic nitrogens is 2. The van der Waals surface area contributed by atoms with E-state index in [-0.39, 0.29) is 17.3 Å². The van der Waals surface area contributed by atoms with E-state index in [1.165, 1.54) is 27.8 Å². The molecule has 8 nitrogen and oxygen atoms in total. The molecule has 0 N–H and O–H groups in total. The lowest BCUT2D eigenvalue weighted by atomic mass is 10.2. The first kappa shape index (κ1) is 24.8. The minimum absolute atomic E-state index is 0.154. The summed E-state index contributed by atoms with van der Waals surface area (Å²) < 4.78 is 33.2. The van der Waals surface area contributed by atoms with Gasteiger partial charge in [-0.2, -0.15) is 4.31 Å². The first-order chi connectivity index (χ1) is 16.9. The third-order valence-electron chi connectivity index (χ3n) is 5.55. The van der Waals surface area contributed by atoms with E-state index in [4.69, 9.17) is 4.74 Å². The van der Waals surface area contributed by atoms with Gasteiger partial charge in [-0.3, -0.25) is 14.7 Å². The maximum atomic E-state index is 13.6. The minimum atomic E-state index is -3.61. The Bertz CT molecular complexity index is 1420. The standard InChI is InChI=1S/C25H26N4O4S2/c1-4-28(5-2)35(31,32)21-12-9-18(10-13-21)24(30)29(17-19-8-6-7-15-26-19)25-27-22-14-11-20(33-3)16-23(22)34-25/h6-16H,4-5,17H2,1-3H3. The number of hydrogen-bond donors (Lipinski definition) is 0. The van der Waals surface area contributed by atoms with Crippen LogP contribution in [0.5, 0.6) is 5.75 Å². The van der Waals surface area contributed by atoms with Gasteiger partial charge in [-0.05, 0) is 54.6 Å². The van der Waals surface area contributed by atoms with E-state index in [0.29, 0.717) is 35.2 Å². The van der Waals surface area contributed by atoms with E-state index in [9.17, 15) is 13.2 Å². The fraction of sp³-hybridized carbons (Fsp3) is 0.240. The molecule has 4 rings (SSSR count). The number of hydrogen-bond acceptors (Lipinski definition) is 7. The third kappa shape index (κ3) is 5.19. The number of carbonyl (C=O) groups excluding carboxylic acids is 1. The molecule has 0 unspecified atom stereocenters. The highest BCUT2D eigenvalue weighted by Gasteiger charge is 2.25. The van der Waals surface area contributed by atoms with Crippen molar-refractivity contribution in [2.24, 2.45) is 0 Å². The lowest BCUT2D eigenvalue weighted by molar-refractivity contribution is 0.0984. The molecule has 0 aliphatic carbocycles. The van der Waals surface area contributed by atoms with Gasteiger partial charge in [-0.25, -0.2) is 13.4 Å². The normalized spacial score (nSPS) is 11.7. The second-order valence-electron chi connectivity index (χ2n) is 7.66. The molecule has 0 aliphatic heterocycles. The Labute approximate surface area is 208 Å². The summed E-state index contributed by atoms with van der Waals surface area (Å²) in [6, 6.07) is 17.1. The summed E-state index contributed by atoms with van der Waals surface area (Å²) in [5.74, 6) is 0.411. The number of methoxy groups -OCH3 is 1. The van der Waals surface area contributed by atoms with Crippen LogP contribution < -0.4 is 9.64 Å². The molecule has 0 atom stereocenters. The van der Waals surface area contributed by atoms with Gasteiger partial charge in [0.15, 0.2) is 5.13 Å². The van der Waals surface area contributed by atoms with Crippen molar-refractivity contribution in [3.05, 3.63) is 78.1 Å². The number of carbonyl (C=O) groups is 1. The monoisotopic (exact) mass is 510 g/mol. The number of amides is 1. The second kappa shape index (κ2) is 10.5. The molecular weight excluding hydrogens is 484 g/mol. The van der Waals surface area contributed by atoms with Gasteiger partial charge < -0.3 is 4.74 Å². The number of rotatable bonds is 9. The number of thiazole rings is 1. The summed E-state index contributed by atoms with van der Waals surface area (Å²) in [6.07, 6.45) is 1.67. The van der Waals surface area contributed by atoms with Crippen LogP contribution >= 0.6 is 11.3 Å². The average molecular weight is 511 g/mol. The van der Waals surface area contributed by atoms with E-state index < -0.39 is 10.0 Å². The molecule has 2 aromatic heterocycles. The fourth-order valence-electron chi connectivity index (χ4n) is 3.65. The maximum Gasteiger partial charge on any atom is 0.260 e. The molecule has 4 aromatic rings. The molecule has 35 heavy (non-hydrogen) atoms. The first-order valence-electron chi connectivity index (χ1n) is 11.1. The molecular formula is C25H26N4O4S2. The van der Waals surface area contributed by atoms with E-state index >= 15 is 0 Å². The largest absolute Gasteiger partial charge is 0.497 e. The third-order valence-corrected chi connectivity index (χ3v) is 8.66. The Hall–Kier alpha value is -3.34. The second-order valence-corrected chi connectivity index (χ2v) is 10.6. The Morgan fingerprint density at radius 1 is 1.03 bits per heavy atom. The molecule has 182 valence electrons. The van der Waals surface area contributed by atoms with Crippen LogP contribution in [0, 0.1) is 0 Å². The summed E-state index contributed by atoms with van der Waals surface area (Å²) in [6.45, 7) is 4.56. The highest BCUT2D eigenvalue weighted by Crippen LogP contribution is 2.33. The van der Waals surface area contributed by atoms with Crippen molar-refractivity contribution < 1.29 is 17.9 Å². The smallest absolute Gasteiger partial charge is 0.260 e. The number of anilines is 1. The molecule has 0 saturated carbocycles. The Kier molecular flexibility index (Phi) is 7.44. The maximum absolute atomic E-state index is 13.6. The predicted octanol–water partition coefficient (Wildman–Crippen LogP) is 4.58. The molecule has 0 bridgehead atoms. The molecule has 1 amide bonds. The summed E-state index contributed by atoms with van der Waals surface area (Å²) in [5, 5.41) is 0.517. The van der Waals surface area contributed by atoms with Gasteiger partial charge in [0.1, 0.15) is 5.75 Å². The summed E-state index contributed by atoms with van der Waals surface area (Å²) in [5.41, 5.74) is 1.82. The van der Waals surface area contributed by atoms with E-state index in [2.05, 4.69) is 9.97 Å². The first-order valence-corrected chi connectivity index (χ1v) is 13.4. The van der Waals surface area contributed by atoms with Crippen molar-refractivity contribution in [1.82, 2.24) is 14.3 Å². The summed E-state index contributed by atoms with van der Waals surface area (Å²) in [4.78, 5) is 24.4. The predicted molar refractivity (Wildman–Crippen MR) is 137 cm³/mol. The zero-order valence-corrected chi connectivity index (χ0v) is 21.3. The molecule has 0 radical (unpaired) electrons. The number of pyridine rings is 1. The Morgan fingerprint density at radius 2 is 1.77 bits per heavy atom. The van der Waals surface area contributed by atoms with Crippen LogP contribution in [0.4, 0.5) is 5.13 Å². The van der Waals surface area contributed by atoms with E-state index in [1.54, 1.807) is 44.2 Å². The van der Waals surface area contributed by atoms with Gasteiger partial charge in [0, 0.05) is 24.8 Å². The van der Waals surface area contributed by atoms with Crippen LogP contribution in [0.15, 0.2) is 71.8 Å². The number of ether oxygens (including phenoxy) is 1. The topological polar surface area (TPSA) is 92.7 Å². The zero-order chi connectivity index (χ0) is 25.0. The Morgan fingerprint density at radius 3 is 2.40 bits per heavy atom. The van der Waals surface area contributed by atoms with Crippen LogP contribution in [0.3, 0.4) is 0 Å².